The largest absolute Gasteiger partial charge is 0.528 e. The highest BCUT2D eigenvalue weighted by Gasteiger charge is 2.34. The molecular formula is C32H35N3O4S. The van der Waals surface area contributed by atoms with Gasteiger partial charge in [0.25, 0.3) is 0 Å². The Kier molecular flexibility index (Phi) is 8.99. The SMILES string of the molecule is CC(C)(C)OC(=O)ON1CCC(c2ccc(CSc3ncccn3)cc2)C(OCc2ccc3ccccc3c2)C1. The van der Waals surface area contributed by atoms with Crippen molar-refractivity contribution in [3.8, 4) is 0 Å². The molecule has 208 valence electrons. The van der Waals surface area contributed by atoms with E-state index in [1.165, 1.54) is 21.9 Å². The van der Waals surface area contributed by atoms with Crippen LogP contribution in [0.4, 0.5) is 4.79 Å². The van der Waals surface area contributed by atoms with Crippen LogP contribution in [0.1, 0.15) is 49.8 Å². The summed E-state index contributed by atoms with van der Waals surface area (Å²) in [6.07, 6.45) is 3.45. The van der Waals surface area contributed by atoms with Crippen LogP contribution >= 0.6 is 11.8 Å². The Morgan fingerprint density at radius 1 is 0.950 bits per heavy atom. The number of hydrogen-bond acceptors (Lipinski definition) is 8. The monoisotopic (exact) mass is 557 g/mol. The first-order valence-electron chi connectivity index (χ1n) is 13.6. The van der Waals surface area contributed by atoms with Crippen LogP contribution in [0.2, 0.25) is 0 Å². The molecule has 4 aromatic rings. The summed E-state index contributed by atoms with van der Waals surface area (Å²) < 4.78 is 11.9. The molecule has 40 heavy (non-hydrogen) atoms. The van der Waals surface area contributed by atoms with E-state index in [-0.39, 0.29) is 12.0 Å². The lowest BCUT2D eigenvalue weighted by Gasteiger charge is -2.37. The fourth-order valence-electron chi connectivity index (χ4n) is 4.80. The molecule has 8 heteroatoms. The lowest BCUT2D eigenvalue weighted by atomic mass is 9.87. The van der Waals surface area contributed by atoms with E-state index in [1.807, 2.05) is 39.0 Å². The minimum atomic E-state index is -0.691. The minimum absolute atomic E-state index is 0.165. The molecule has 0 N–H and O–H groups in total. The van der Waals surface area contributed by atoms with Crippen LogP contribution in [0.5, 0.6) is 0 Å². The van der Waals surface area contributed by atoms with Gasteiger partial charge in [0.15, 0.2) is 5.16 Å². The number of aromatic nitrogens is 2. The van der Waals surface area contributed by atoms with Gasteiger partial charge in [0.1, 0.15) is 5.60 Å². The second-order valence-electron chi connectivity index (χ2n) is 10.9. The number of hydrogen-bond donors (Lipinski definition) is 0. The van der Waals surface area contributed by atoms with Crippen molar-refractivity contribution in [2.24, 2.45) is 0 Å². The quantitative estimate of drug-likeness (QED) is 0.128. The number of benzene rings is 3. The van der Waals surface area contributed by atoms with Crippen molar-refractivity contribution >= 4 is 28.7 Å². The summed E-state index contributed by atoms with van der Waals surface area (Å²) in [6.45, 7) is 7.00. The molecule has 2 unspecified atom stereocenters. The smallest absolute Gasteiger partial charge is 0.427 e. The Hall–Kier alpha value is -3.46. The van der Waals surface area contributed by atoms with Crippen LogP contribution in [0.15, 0.2) is 90.3 Å². The number of rotatable bonds is 8. The summed E-state index contributed by atoms with van der Waals surface area (Å²) in [5, 5.41) is 4.83. The molecule has 3 aromatic carbocycles. The molecule has 1 saturated heterocycles. The normalized spacial score (nSPS) is 18.0. The van der Waals surface area contributed by atoms with Crippen molar-refractivity contribution < 1.29 is 19.1 Å². The molecule has 0 saturated carbocycles. The third kappa shape index (κ3) is 7.81. The van der Waals surface area contributed by atoms with Gasteiger partial charge in [-0.1, -0.05) is 72.4 Å². The Morgan fingerprint density at radius 3 is 2.42 bits per heavy atom. The highest BCUT2D eigenvalue weighted by molar-refractivity contribution is 7.98. The molecule has 7 nitrogen and oxygen atoms in total. The van der Waals surface area contributed by atoms with Gasteiger partial charge in [0.05, 0.1) is 19.3 Å². The maximum atomic E-state index is 12.4. The number of fused-ring (bicyclic) bond motifs is 1. The fourth-order valence-corrected chi connectivity index (χ4v) is 5.56. The number of nitrogens with zero attached hydrogens (tertiary/aromatic N) is 3. The summed E-state index contributed by atoms with van der Waals surface area (Å²) in [7, 11) is 0. The third-order valence-corrected chi connectivity index (χ3v) is 7.66. The highest BCUT2D eigenvalue weighted by atomic mass is 32.2. The summed E-state index contributed by atoms with van der Waals surface area (Å²) >= 11 is 1.62. The third-order valence-electron chi connectivity index (χ3n) is 6.71. The predicted molar refractivity (Wildman–Crippen MR) is 157 cm³/mol. The molecule has 2 atom stereocenters. The van der Waals surface area contributed by atoms with Gasteiger partial charge in [-0.05, 0) is 66.8 Å². The number of carbonyl (C=O) groups is 1. The van der Waals surface area contributed by atoms with Crippen LogP contribution in [-0.4, -0.2) is 46.0 Å². The van der Waals surface area contributed by atoms with Crippen molar-refractivity contribution in [2.45, 2.75) is 62.3 Å². The van der Waals surface area contributed by atoms with Crippen molar-refractivity contribution in [1.29, 1.82) is 0 Å². The van der Waals surface area contributed by atoms with E-state index in [1.54, 1.807) is 29.2 Å². The van der Waals surface area contributed by atoms with Gasteiger partial charge in [0.2, 0.25) is 0 Å². The minimum Gasteiger partial charge on any atom is -0.427 e. The first kappa shape index (κ1) is 28.1. The molecule has 0 spiro atoms. The van der Waals surface area contributed by atoms with Gasteiger partial charge in [-0.15, -0.1) is 5.06 Å². The number of carbonyl (C=O) groups excluding carboxylic acids is 1. The number of ether oxygens (including phenoxy) is 2. The van der Waals surface area contributed by atoms with E-state index in [0.29, 0.717) is 19.7 Å². The van der Waals surface area contributed by atoms with Gasteiger partial charge in [-0.3, -0.25) is 0 Å². The lowest BCUT2D eigenvalue weighted by Crippen LogP contribution is -2.45. The van der Waals surface area contributed by atoms with Crippen LogP contribution in [0.25, 0.3) is 10.8 Å². The van der Waals surface area contributed by atoms with E-state index in [0.717, 1.165) is 22.9 Å². The molecule has 2 heterocycles. The zero-order valence-electron chi connectivity index (χ0n) is 23.2. The fraction of sp³-hybridized carbons (Fsp3) is 0.344. The zero-order valence-corrected chi connectivity index (χ0v) is 24.0. The molecule has 1 fully saturated rings. The van der Waals surface area contributed by atoms with Gasteiger partial charge in [-0.25, -0.2) is 14.8 Å². The summed E-state index contributed by atoms with van der Waals surface area (Å²) in [5.41, 5.74) is 2.91. The van der Waals surface area contributed by atoms with Gasteiger partial charge in [-0.2, -0.15) is 0 Å². The van der Waals surface area contributed by atoms with Crippen LogP contribution in [0.3, 0.4) is 0 Å². The van der Waals surface area contributed by atoms with E-state index in [9.17, 15) is 4.79 Å². The maximum absolute atomic E-state index is 12.4. The van der Waals surface area contributed by atoms with Gasteiger partial charge in [0, 0.05) is 30.6 Å². The molecule has 0 aliphatic carbocycles. The van der Waals surface area contributed by atoms with Gasteiger partial charge < -0.3 is 14.3 Å². The predicted octanol–water partition coefficient (Wildman–Crippen LogP) is 7.16. The topological polar surface area (TPSA) is 73.8 Å². The van der Waals surface area contributed by atoms with E-state index in [2.05, 4.69) is 64.6 Å². The second kappa shape index (κ2) is 12.8. The first-order chi connectivity index (χ1) is 19.3. The Bertz CT molecular complexity index is 1410. The molecule has 0 bridgehead atoms. The summed E-state index contributed by atoms with van der Waals surface area (Å²) in [4.78, 5) is 26.5. The Morgan fingerprint density at radius 2 is 1.68 bits per heavy atom. The first-order valence-corrected chi connectivity index (χ1v) is 14.5. The van der Waals surface area contributed by atoms with Crippen molar-refractivity contribution in [1.82, 2.24) is 15.0 Å². The average molecular weight is 558 g/mol. The van der Waals surface area contributed by atoms with Crippen molar-refractivity contribution in [3.63, 3.8) is 0 Å². The van der Waals surface area contributed by atoms with Crippen LogP contribution in [0, 0.1) is 0 Å². The van der Waals surface area contributed by atoms with E-state index in [4.69, 9.17) is 14.3 Å². The second-order valence-corrected chi connectivity index (χ2v) is 11.9. The molecule has 1 aromatic heterocycles. The van der Waals surface area contributed by atoms with Crippen LogP contribution < -0.4 is 0 Å². The Balaban J connectivity index is 1.27. The molecule has 5 rings (SSSR count). The number of thioether (sulfide) groups is 1. The molecule has 0 amide bonds. The number of hydroxylamine groups is 2. The number of piperidine rings is 1. The van der Waals surface area contributed by atoms with Crippen molar-refractivity contribution in [2.75, 3.05) is 13.1 Å². The van der Waals surface area contributed by atoms with Gasteiger partial charge >= 0.3 is 6.16 Å². The molecule has 0 radical (unpaired) electrons. The lowest BCUT2D eigenvalue weighted by molar-refractivity contribution is -0.179. The Labute approximate surface area is 239 Å². The molecule has 1 aliphatic rings. The average Bonchev–Trinajstić information content (AvgIpc) is 2.95. The molecular weight excluding hydrogens is 522 g/mol. The maximum Gasteiger partial charge on any atom is 0.528 e. The standard InChI is InChI=1S/C32H35N3O4S/c1-32(2,3)38-31(36)39-35-18-15-28(26-13-9-23(10-14-26)22-40-30-33-16-6-17-34-30)29(20-35)37-21-24-11-12-25-7-4-5-8-27(25)19-24/h4-14,16-17,19,28-29H,15,18,20-22H2,1-3H3. The highest BCUT2D eigenvalue weighted by Crippen LogP contribution is 2.32. The van der Waals surface area contributed by atoms with E-state index < -0.39 is 11.8 Å². The van der Waals surface area contributed by atoms with Crippen LogP contribution in [-0.2, 0) is 26.7 Å². The summed E-state index contributed by atoms with van der Waals surface area (Å²) in [5.74, 6) is 0.965. The van der Waals surface area contributed by atoms with E-state index >= 15 is 0 Å². The molecule has 1 aliphatic heterocycles. The summed E-state index contributed by atoms with van der Waals surface area (Å²) in [6, 6.07) is 25.2. The zero-order chi connectivity index (χ0) is 28.0. The van der Waals surface area contributed by atoms with Crippen molar-refractivity contribution in [3.05, 3.63) is 102 Å².